The first-order valence-corrected chi connectivity index (χ1v) is 14.3. The van der Waals surface area contributed by atoms with Crippen LogP contribution in [0.25, 0.3) is 0 Å². The standard InChI is InChI=1S/C33H32F3N3O4/c34-33(35,36)27-8-4-7-26(21-27)29-31(43)39(32(38-29)17-13-24(14-18-32)23-5-2-1-3-6-23)20-16-22-9-11-25(12-10-22)30(42)37-19-15-28(40)41/h1-12,21,24H,13-20H2,(H,37,42)(H,40,41). The number of hydrogen-bond donors (Lipinski definition) is 2. The molecule has 43 heavy (non-hydrogen) atoms. The van der Waals surface area contributed by atoms with E-state index in [1.807, 2.05) is 18.2 Å². The Balaban J connectivity index is 1.35. The number of carboxylic acid groups (broad SMARTS) is 1. The summed E-state index contributed by atoms with van der Waals surface area (Å²) in [5.74, 6) is -1.45. The summed E-state index contributed by atoms with van der Waals surface area (Å²) in [6.07, 6.45) is -1.49. The van der Waals surface area contributed by atoms with Crippen molar-refractivity contribution in [2.24, 2.45) is 4.99 Å². The Kier molecular flexibility index (Phi) is 8.66. The number of rotatable bonds is 9. The normalized spacial score (nSPS) is 20.3. The fourth-order valence-electron chi connectivity index (χ4n) is 5.94. The average Bonchev–Trinajstić information content (AvgIpc) is 3.26. The Labute approximate surface area is 247 Å². The first-order chi connectivity index (χ1) is 20.6. The van der Waals surface area contributed by atoms with E-state index in [1.54, 1.807) is 29.2 Å². The number of aliphatic carboxylic acids is 1. The van der Waals surface area contributed by atoms with E-state index in [-0.39, 0.29) is 36.1 Å². The SMILES string of the molecule is O=C(O)CCNC(=O)c1ccc(CCN2C(=O)C(c3cccc(C(F)(F)F)c3)=NC23CCC(c2ccccc2)CC3)cc1. The van der Waals surface area contributed by atoms with Crippen molar-refractivity contribution < 1.29 is 32.7 Å². The highest BCUT2D eigenvalue weighted by atomic mass is 19.4. The molecule has 1 spiro atoms. The van der Waals surface area contributed by atoms with Gasteiger partial charge in [0.1, 0.15) is 11.4 Å². The number of carbonyl (C=O) groups excluding carboxylic acids is 2. The van der Waals surface area contributed by atoms with Crippen molar-refractivity contribution in [2.75, 3.05) is 13.1 Å². The van der Waals surface area contributed by atoms with Crippen molar-refractivity contribution in [1.82, 2.24) is 10.2 Å². The fourth-order valence-corrected chi connectivity index (χ4v) is 5.94. The molecule has 0 unspecified atom stereocenters. The molecule has 224 valence electrons. The third-order valence-electron chi connectivity index (χ3n) is 8.26. The van der Waals surface area contributed by atoms with Crippen LogP contribution in [-0.2, 0) is 22.2 Å². The van der Waals surface area contributed by atoms with Gasteiger partial charge in [0.2, 0.25) is 0 Å². The zero-order valence-corrected chi connectivity index (χ0v) is 23.4. The van der Waals surface area contributed by atoms with Crippen LogP contribution in [0.4, 0.5) is 13.2 Å². The molecule has 10 heteroatoms. The van der Waals surface area contributed by atoms with Crippen LogP contribution in [0.2, 0.25) is 0 Å². The van der Waals surface area contributed by atoms with Gasteiger partial charge in [-0.15, -0.1) is 0 Å². The van der Waals surface area contributed by atoms with E-state index in [0.29, 0.717) is 37.3 Å². The maximum Gasteiger partial charge on any atom is 0.416 e. The lowest BCUT2D eigenvalue weighted by Crippen LogP contribution is -2.49. The number of nitrogens with zero attached hydrogens (tertiary/aromatic N) is 2. The molecule has 7 nitrogen and oxygen atoms in total. The average molecular weight is 592 g/mol. The van der Waals surface area contributed by atoms with Crippen LogP contribution in [0.1, 0.15) is 70.6 Å². The summed E-state index contributed by atoms with van der Waals surface area (Å²) in [6, 6.07) is 21.8. The quantitative estimate of drug-likeness (QED) is 0.327. The van der Waals surface area contributed by atoms with E-state index in [1.165, 1.54) is 17.7 Å². The van der Waals surface area contributed by atoms with Gasteiger partial charge in [0.25, 0.3) is 11.8 Å². The topological polar surface area (TPSA) is 99.1 Å². The van der Waals surface area contributed by atoms with E-state index >= 15 is 0 Å². The molecule has 2 aliphatic rings. The summed E-state index contributed by atoms with van der Waals surface area (Å²) in [4.78, 5) is 43.4. The number of aliphatic imine (C=N–C) groups is 1. The molecule has 0 radical (unpaired) electrons. The van der Waals surface area contributed by atoms with E-state index < -0.39 is 23.4 Å². The Hall–Kier alpha value is -4.47. The lowest BCUT2D eigenvalue weighted by atomic mass is 9.78. The smallest absolute Gasteiger partial charge is 0.416 e. The third kappa shape index (κ3) is 6.79. The predicted molar refractivity (Wildman–Crippen MR) is 155 cm³/mol. The van der Waals surface area contributed by atoms with Crippen molar-refractivity contribution in [3.8, 4) is 0 Å². The molecule has 1 fully saturated rings. The molecule has 0 bridgehead atoms. The van der Waals surface area contributed by atoms with Crippen molar-refractivity contribution in [3.63, 3.8) is 0 Å². The number of alkyl halides is 3. The number of amides is 2. The molecule has 5 rings (SSSR count). The van der Waals surface area contributed by atoms with Crippen molar-refractivity contribution >= 4 is 23.5 Å². The maximum atomic E-state index is 13.8. The summed E-state index contributed by atoms with van der Waals surface area (Å²) < 4.78 is 40.4. The molecule has 3 aromatic rings. The van der Waals surface area contributed by atoms with Gasteiger partial charge < -0.3 is 15.3 Å². The summed E-state index contributed by atoms with van der Waals surface area (Å²) in [6.45, 7) is 0.333. The molecule has 2 N–H and O–H groups in total. The van der Waals surface area contributed by atoms with Crippen LogP contribution in [-0.4, -0.2) is 52.3 Å². The van der Waals surface area contributed by atoms with Crippen molar-refractivity contribution in [3.05, 3.63) is 107 Å². The Bertz CT molecular complexity index is 1510. The number of benzene rings is 3. The van der Waals surface area contributed by atoms with Gasteiger partial charge in [-0.3, -0.25) is 19.4 Å². The molecule has 0 aromatic heterocycles. The highest BCUT2D eigenvalue weighted by Crippen LogP contribution is 2.45. The number of hydrogen-bond acceptors (Lipinski definition) is 4. The minimum atomic E-state index is -4.54. The zero-order chi connectivity index (χ0) is 30.6. The third-order valence-corrected chi connectivity index (χ3v) is 8.26. The van der Waals surface area contributed by atoms with Crippen LogP contribution in [0.3, 0.4) is 0 Å². The molecule has 1 aliphatic carbocycles. The van der Waals surface area contributed by atoms with Crippen LogP contribution in [0.5, 0.6) is 0 Å². The maximum absolute atomic E-state index is 13.8. The zero-order valence-electron chi connectivity index (χ0n) is 23.4. The second-order valence-electron chi connectivity index (χ2n) is 11.0. The van der Waals surface area contributed by atoms with E-state index in [0.717, 1.165) is 30.5 Å². The number of carboxylic acids is 1. The monoisotopic (exact) mass is 591 g/mol. The lowest BCUT2D eigenvalue weighted by Gasteiger charge is -2.41. The van der Waals surface area contributed by atoms with Crippen LogP contribution < -0.4 is 5.32 Å². The summed E-state index contributed by atoms with van der Waals surface area (Å²) in [5, 5.41) is 11.3. The highest BCUT2D eigenvalue weighted by molar-refractivity contribution is 6.46. The Morgan fingerprint density at radius 3 is 2.33 bits per heavy atom. The number of halogens is 3. The number of carbonyl (C=O) groups is 3. The second kappa shape index (κ2) is 12.4. The summed E-state index contributed by atoms with van der Waals surface area (Å²) in [5.41, 5.74) is 1.03. The van der Waals surface area contributed by atoms with Gasteiger partial charge in [0, 0.05) is 24.2 Å². The van der Waals surface area contributed by atoms with Gasteiger partial charge in [0.15, 0.2) is 0 Å². The van der Waals surface area contributed by atoms with Crippen LogP contribution in [0.15, 0.2) is 83.9 Å². The Morgan fingerprint density at radius 1 is 0.977 bits per heavy atom. The lowest BCUT2D eigenvalue weighted by molar-refractivity contribution is -0.138. The van der Waals surface area contributed by atoms with Gasteiger partial charge in [-0.1, -0.05) is 54.6 Å². The van der Waals surface area contributed by atoms with Gasteiger partial charge in [-0.2, -0.15) is 13.2 Å². The van der Waals surface area contributed by atoms with Gasteiger partial charge >= 0.3 is 12.1 Å². The van der Waals surface area contributed by atoms with Gasteiger partial charge in [-0.05, 0) is 73.4 Å². The van der Waals surface area contributed by atoms with Gasteiger partial charge in [0.05, 0.1) is 12.0 Å². The molecular formula is C33H32F3N3O4. The van der Waals surface area contributed by atoms with E-state index in [2.05, 4.69) is 17.4 Å². The molecule has 1 heterocycles. The molecular weight excluding hydrogens is 559 g/mol. The van der Waals surface area contributed by atoms with Gasteiger partial charge in [-0.25, -0.2) is 0 Å². The fraction of sp³-hybridized carbons (Fsp3) is 0.333. The van der Waals surface area contributed by atoms with E-state index in [4.69, 9.17) is 10.1 Å². The molecule has 1 saturated carbocycles. The predicted octanol–water partition coefficient (Wildman–Crippen LogP) is 5.84. The van der Waals surface area contributed by atoms with Crippen LogP contribution in [0, 0.1) is 0 Å². The molecule has 3 aromatic carbocycles. The first kappa shape index (κ1) is 30.0. The first-order valence-electron chi connectivity index (χ1n) is 14.3. The molecule has 2 amide bonds. The minimum Gasteiger partial charge on any atom is -0.481 e. The summed E-state index contributed by atoms with van der Waals surface area (Å²) >= 11 is 0. The molecule has 0 atom stereocenters. The largest absolute Gasteiger partial charge is 0.481 e. The highest BCUT2D eigenvalue weighted by Gasteiger charge is 2.49. The Morgan fingerprint density at radius 2 is 1.67 bits per heavy atom. The number of nitrogens with one attached hydrogen (secondary N) is 1. The van der Waals surface area contributed by atoms with E-state index in [9.17, 15) is 27.6 Å². The van der Waals surface area contributed by atoms with Crippen LogP contribution >= 0.6 is 0 Å². The molecule has 0 saturated heterocycles. The van der Waals surface area contributed by atoms with Crippen molar-refractivity contribution in [2.45, 2.75) is 56.3 Å². The second-order valence-corrected chi connectivity index (χ2v) is 11.0. The minimum absolute atomic E-state index is 0.0222. The van der Waals surface area contributed by atoms with Crippen molar-refractivity contribution in [1.29, 1.82) is 0 Å². The molecule has 1 aliphatic heterocycles. The summed E-state index contributed by atoms with van der Waals surface area (Å²) in [7, 11) is 0.